The van der Waals surface area contributed by atoms with Gasteiger partial charge in [-0.2, -0.15) is 13.2 Å². The Balaban J connectivity index is 1.49. The minimum atomic E-state index is -4.33. The quantitative estimate of drug-likeness (QED) is 0.564. The van der Waals surface area contributed by atoms with Crippen molar-refractivity contribution in [2.75, 3.05) is 13.1 Å². The number of dihydropyridines is 1. The summed E-state index contributed by atoms with van der Waals surface area (Å²) < 4.78 is 42.5. The molecule has 6 rings (SSSR count). The summed E-state index contributed by atoms with van der Waals surface area (Å²) in [7, 11) is 0. The minimum absolute atomic E-state index is 0.0696. The van der Waals surface area contributed by atoms with Crippen molar-refractivity contribution in [1.82, 2.24) is 10.2 Å². The van der Waals surface area contributed by atoms with Crippen molar-refractivity contribution in [3.63, 3.8) is 0 Å². The van der Waals surface area contributed by atoms with E-state index in [9.17, 15) is 13.2 Å². The molecule has 3 aliphatic heterocycles. The van der Waals surface area contributed by atoms with Crippen molar-refractivity contribution in [3.8, 4) is 0 Å². The van der Waals surface area contributed by atoms with Gasteiger partial charge >= 0.3 is 6.18 Å². The van der Waals surface area contributed by atoms with Crippen LogP contribution in [0.1, 0.15) is 64.2 Å². The molecule has 172 valence electrons. The highest BCUT2D eigenvalue weighted by Gasteiger charge is 2.52. The van der Waals surface area contributed by atoms with Gasteiger partial charge in [0.2, 0.25) is 0 Å². The molecular weight excluding hydrogens is 411 g/mol. The maximum absolute atomic E-state index is 14.2. The Morgan fingerprint density at radius 1 is 1.06 bits per heavy atom. The molecule has 6 aliphatic rings. The average Bonchev–Trinajstić information content (AvgIpc) is 3.02. The maximum atomic E-state index is 14.2. The van der Waals surface area contributed by atoms with E-state index >= 15 is 0 Å². The van der Waals surface area contributed by atoms with Crippen LogP contribution in [-0.4, -0.2) is 35.9 Å². The van der Waals surface area contributed by atoms with Crippen LogP contribution < -0.4 is 5.32 Å². The van der Waals surface area contributed by atoms with E-state index in [1.165, 1.54) is 49.8 Å². The zero-order valence-electron chi connectivity index (χ0n) is 18.6. The van der Waals surface area contributed by atoms with Crippen LogP contribution in [0.25, 0.3) is 0 Å². The van der Waals surface area contributed by atoms with E-state index < -0.39 is 11.7 Å². The predicted molar refractivity (Wildman–Crippen MR) is 120 cm³/mol. The van der Waals surface area contributed by atoms with Crippen molar-refractivity contribution in [2.24, 2.45) is 22.7 Å². The van der Waals surface area contributed by atoms with Crippen LogP contribution in [0, 0.1) is 17.8 Å². The third-order valence-corrected chi connectivity index (χ3v) is 8.59. The van der Waals surface area contributed by atoms with Crippen LogP contribution in [0.3, 0.4) is 0 Å². The van der Waals surface area contributed by atoms with Gasteiger partial charge in [-0.1, -0.05) is 38.2 Å². The molecule has 3 aliphatic carbocycles. The number of fused-ring (bicyclic) bond motifs is 5. The lowest BCUT2D eigenvalue weighted by Crippen LogP contribution is -2.41. The van der Waals surface area contributed by atoms with Gasteiger partial charge in [0.25, 0.3) is 0 Å². The van der Waals surface area contributed by atoms with Crippen LogP contribution in [0.5, 0.6) is 0 Å². The first kappa shape index (κ1) is 20.6. The van der Waals surface area contributed by atoms with Crippen molar-refractivity contribution < 1.29 is 13.2 Å². The van der Waals surface area contributed by atoms with Crippen molar-refractivity contribution in [1.29, 1.82) is 0 Å². The number of nitrogens with zero attached hydrogens (tertiary/aromatic N) is 2. The van der Waals surface area contributed by atoms with Crippen molar-refractivity contribution in [2.45, 2.75) is 76.4 Å². The first-order valence-corrected chi connectivity index (χ1v) is 12.5. The number of rotatable bonds is 2. The number of alkyl halides is 3. The topological polar surface area (TPSA) is 27.6 Å². The number of halogens is 3. The average molecular weight is 444 g/mol. The molecular formula is C26H32F3N3. The molecule has 0 radical (unpaired) electrons. The predicted octanol–water partition coefficient (Wildman–Crippen LogP) is 6.03. The van der Waals surface area contributed by atoms with Gasteiger partial charge in [0, 0.05) is 29.9 Å². The monoisotopic (exact) mass is 443 g/mol. The molecule has 2 fully saturated rings. The Morgan fingerprint density at radius 2 is 1.91 bits per heavy atom. The zero-order valence-corrected chi connectivity index (χ0v) is 18.6. The Bertz CT molecular complexity index is 946. The van der Waals surface area contributed by atoms with E-state index in [0.717, 1.165) is 42.9 Å². The molecule has 32 heavy (non-hydrogen) atoms. The lowest BCUT2D eigenvalue weighted by molar-refractivity contribution is -0.0946. The lowest BCUT2D eigenvalue weighted by atomic mass is 9.72. The summed E-state index contributed by atoms with van der Waals surface area (Å²) in [6.45, 7) is 0.514. The third kappa shape index (κ3) is 3.28. The fourth-order valence-corrected chi connectivity index (χ4v) is 7.16. The number of nitrogens with one attached hydrogen (secondary N) is 1. The molecule has 3 atom stereocenters. The van der Waals surface area contributed by atoms with Gasteiger partial charge in [-0.3, -0.25) is 4.99 Å². The summed E-state index contributed by atoms with van der Waals surface area (Å²) in [6.07, 6.45) is 13.3. The Kier molecular flexibility index (Phi) is 5.03. The molecule has 3 heterocycles. The first-order chi connectivity index (χ1) is 15.5. The molecule has 0 amide bonds. The highest BCUT2D eigenvalue weighted by atomic mass is 19.4. The molecule has 3 unspecified atom stereocenters. The van der Waals surface area contributed by atoms with Gasteiger partial charge in [-0.25, -0.2) is 0 Å². The van der Waals surface area contributed by atoms with E-state index in [2.05, 4.69) is 22.4 Å². The van der Waals surface area contributed by atoms with Crippen LogP contribution in [0.2, 0.25) is 0 Å². The molecule has 1 saturated heterocycles. The third-order valence-electron chi connectivity index (χ3n) is 8.59. The van der Waals surface area contributed by atoms with Crippen molar-refractivity contribution in [3.05, 3.63) is 46.5 Å². The number of allylic oxidation sites excluding steroid dienone is 3. The van der Waals surface area contributed by atoms with Crippen LogP contribution in [0.15, 0.2) is 51.5 Å². The molecule has 0 aromatic carbocycles. The second-order valence-corrected chi connectivity index (χ2v) is 10.4. The first-order valence-electron chi connectivity index (χ1n) is 12.5. The second-order valence-electron chi connectivity index (χ2n) is 10.4. The van der Waals surface area contributed by atoms with E-state index in [-0.39, 0.29) is 18.5 Å². The van der Waals surface area contributed by atoms with Crippen molar-refractivity contribution >= 4 is 5.71 Å². The number of aliphatic imine (C=N–C) groups is 1. The number of hydrogen-bond donors (Lipinski definition) is 1. The molecule has 1 saturated carbocycles. The summed E-state index contributed by atoms with van der Waals surface area (Å²) in [5.74, 6) is 1.30. The largest absolute Gasteiger partial charge is 0.416 e. The lowest BCUT2D eigenvalue weighted by Gasteiger charge is -2.38. The normalized spacial score (nSPS) is 32.6. The second kappa shape index (κ2) is 7.81. The molecule has 3 nitrogen and oxygen atoms in total. The Morgan fingerprint density at radius 3 is 2.72 bits per heavy atom. The van der Waals surface area contributed by atoms with Gasteiger partial charge in [0.1, 0.15) is 0 Å². The highest BCUT2D eigenvalue weighted by molar-refractivity contribution is 6.01. The summed E-state index contributed by atoms with van der Waals surface area (Å²) >= 11 is 0. The molecule has 0 bridgehead atoms. The molecule has 6 heteroatoms. The van der Waals surface area contributed by atoms with Gasteiger partial charge in [0.05, 0.1) is 29.6 Å². The molecule has 0 aromatic rings. The maximum Gasteiger partial charge on any atom is 0.416 e. The molecule has 1 N–H and O–H groups in total. The smallest absolute Gasteiger partial charge is 0.386 e. The van der Waals surface area contributed by atoms with Crippen LogP contribution in [0.4, 0.5) is 13.2 Å². The number of hydrogen-bond acceptors (Lipinski definition) is 3. The molecule has 0 aromatic heterocycles. The molecule has 0 spiro atoms. The van der Waals surface area contributed by atoms with Crippen LogP contribution in [-0.2, 0) is 0 Å². The fraction of sp³-hybridized carbons (Fsp3) is 0.654. The van der Waals surface area contributed by atoms with Gasteiger partial charge in [0.15, 0.2) is 0 Å². The van der Waals surface area contributed by atoms with E-state index in [4.69, 9.17) is 4.99 Å². The van der Waals surface area contributed by atoms with E-state index in [1.54, 1.807) is 0 Å². The Hall–Kier alpha value is -1.98. The summed E-state index contributed by atoms with van der Waals surface area (Å²) in [5.41, 5.74) is 4.39. The summed E-state index contributed by atoms with van der Waals surface area (Å²) in [5, 5.41) is 2.96. The SMILES string of the molecule is FC(F)(F)C1=C2C(=CNC1)C1CCC(CC3CCCCC3)C3=C1N2C1CCC=CC1=NC3. The van der Waals surface area contributed by atoms with Gasteiger partial charge < -0.3 is 10.2 Å². The van der Waals surface area contributed by atoms with Crippen LogP contribution >= 0.6 is 0 Å². The summed E-state index contributed by atoms with van der Waals surface area (Å²) in [4.78, 5) is 7.13. The minimum Gasteiger partial charge on any atom is -0.386 e. The standard InChI is InChI=1S/C26H32F3N3/c27-26(28,29)21-15-30-13-20-18-11-10-17(12-16-6-2-1-3-7-16)19-14-31-22-8-4-5-9-23(22)32(24(18)19)25(20)21/h4,8,13,16-18,23,30H,1-3,5-7,9-12,14-15H2. The summed E-state index contributed by atoms with van der Waals surface area (Å²) in [6, 6.07) is -0.0696. The van der Waals surface area contributed by atoms with E-state index in [0.29, 0.717) is 18.2 Å². The van der Waals surface area contributed by atoms with Gasteiger partial charge in [-0.05, 0) is 55.6 Å². The Labute approximate surface area is 188 Å². The fourth-order valence-electron chi connectivity index (χ4n) is 7.16. The van der Waals surface area contributed by atoms with E-state index in [1.807, 2.05) is 6.20 Å². The zero-order chi connectivity index (χ0) is 21.9. The van der Waals surface area contributed by atoms with Gasteiger partial charge in [-0.15, -0.1) is 0 Å². The highest BCUT2D eigenvalue weighted by Crippen LogP contribution is 2.55.